The zero-order valence-electron chi connectivity index (χ0n) is 39.1. The highest BCUT2D eigenvalue weighted by molar-refractivity contribution is 5.72. The number of ether oxygens (including phenoxy) is 3. The van der Waals surface area contributed by atoms with Gasteiger partial charge in [-0.05, 0) is 96.3 Å². The number of allylic oxidation sites excluding steroid dienone is 17. The lowest BCUT2D eigenvalue weighted by Gasteiger charge is -2.18. The van der Waals surface area contributed by atoms with Gasteiger partial charge >= 0.3 is 17.9 Å². The molecule has 0 aliphatic carbocycles. The Morgan fingerprint density at radius 1 is 0.377 bits per heavy atom. The van der Waals surface area contributed by atoms with Crippen molar-refractivity contribution in [2.24, 2.45) is 0 Å². The van der Waals surface area contributed by atoms with Crippen molar-refractivity contribution < 1.29 is 28.6 Å². The minimum absolute atomic E-state index is 0.120. The smallest absolute Gasteiger partial charge is 0.309 e. The Balaban J connectivity index is 4.44. The summed E-state index contributed by atoms with van der Waals surface area (Å²) in [7, 11) is 0. The van der Waals surface area contributed by atoms with Gasteiger partial charge in [-0.3, -0.25) is 14.4 Å². The van der Waals surface area contributed by atoms with E-state index < -0.39 is 12.1 Å². The summed E-state index contributed by atoms with van der Waals surface area (Å²) < 4.78 is 16.6. The van der Waals surface area contributed by atoms with Crippen LogP contribution in [0.15, 0.2) is 109 Å². The molecule has 0 amide bonds. The first kappa shape index (κ1) is 57.1. The molecule has 0 fully saturated rings. The van der Waals surface area contributed by atoms with Gasteiger partial charge in [-0.2, -0.15) is 0 Å². The molecule has 0 aliphatic heterocycles. The second-order valence-corrected chi connectivity index (χ2v) is 15.6. The number of rotatable bonds is 42. The highest BCUT2D eigenvalue weighted by Crippen LogP contribution is 2.13. The van der Waals surface area contributed by atoms with Crippen molar-refractivity contribution >= 4 is 17.9 Å². The predicted octanol–water partition coefficient (Wildman–Crippen LogP) is 16.0. The number of carbonyl (C=O) groups is 3. The predicted molar refractivity (Wildman–Crippen MR) is 260 cm³/mol. The summed E-state index contributed by atoms with van der Waals surface area (Å²) in [6.45, 7) is 6.23. The summed E-state index contributed by atoms with van der Waals surface area (Å²) >= 11 is 0. The van der Waals surface area contributed by atoms with Crippen LogP contribution >= 0.6 is 0 Å². The maximum Gasteiger partial charge on any atom is 0.309 e. The minimum atomic E-state index is -0.826. The Hall–Kier alpha value is -3.93. The maximum absolute atomic E-state index is 12.7. The van der Waals surface area contributed by atoms with Crippen LogP contribution in [0.25, 0.3) is 0 Å². The fourth-order valence-corrected chi connectivity index (χ4v) is 6.19. The monoisotopic (exact) mass is 845 g/mol. The number of esters is 3. The van der Waals surface area contributed by atoms with E-state index >= 15 is 0 Å². The SMILES string of the molecule is CC/C=C\C/C=C\C/C=C\C/C=C\CCCCCCCCC(=O)OCC(COC(=O)C/C=C\C/C=C\C/C=C\CC)OC(=O)CCCCCCCC/C=C\C=C/CCCCC. The van der Waals surface area contributed by atoms with Crippen LogP contribution in [0.4, 0.5) is 0 Å². The Kier molecular flexibility index (Phi) is 45.6. The average Bonchev–Trinajstić information content (AvgIpc) is 3.26. The van der Waals surface area contributed by atoms with Gasteiger partial charge in [0.25, 0.3) is 0 Å². The molecule has 344 valence electrons. The van der Waals surface area contributed by atoms with E-state index in [2.05, 4.69) is 118 Å². The zero-order chi connectivity index (χ0) is 44.4. The van der Waals surface area contributed by atoms with Crippen LogP contribution in [-0.2, 0) is 28.6 Å². The van der Waals surface area contributed by atoms with Gasteiger partial charge < -0.3 is 14.2 Å². The molecular formula is C55H88O6. The minimum Gasteiger partial charge on any atom is -0.462 e. The summed E-state index contributed by atoms with van der Waals surface area (Å²) in [5, 5.41) is 0. The third-order valence-corrected chi connectivity index (χ3v) is 9.80. The fourth-order valence-electron chi connectivity index (χ4n) is 6.19. The van der Waals surface area contributed by atoms with Crippen LogP contribution in [0.2, 0.25) is 0 Å². The van der Waals surface area contributed by atoms with Crippen molar-refractivity contribution in [2.45, 2.75) is 207 Å². The lowest BCUT2D eigenvalue weighted by atomic mass is 10.1. The summed E-state index contributed by atoms with van der Waals surface area (Å²) in [4.78, 5) is 37.8. The van der Waals surface area contributed by atoms with Gasteiger partial charge in [-0.1, -0.05) is 194 Å². The molecule has 0 radical (unpaired) electrons. The van der Waals surface area contributed by atoms with Crippen LogP contribution in [-0.4, -0.2) is 37.2 Å². The van der Waals surface area contributed by atoms with Crippen molar-refractivity contribution in [3.63, 3.8) is 0 Å². The first-order valence-electron chi connectivity index (χ1n) is 24.4. The van der Waals surface area contributed by atoms with Crippen LogP contribution in [0, 0.1) is 0 Å². The normalized spacial score (nSPS) is 13.0. The maximum atomic E-state index is 12.7. The molecule has 0 aromatic heterocycles. The number of unbranched alkanes of at least 4 members (excludes halogenated alkanes) is 15. The molecule has 0 heterocycles. The Bertz CT molecular complexity index is 1290. The molecule has 6 nitrogen and oxygen atoms in total. The van der Waals surface area contributed by atoms with Crippen molar-refractivity contribution in [3.8, 4) is 0 Å². The quantitative estimate of drug-likeness (QED) is 0.0200. The van der Waals surface area contributed by atoms with Crippen molar-refractivity contribution in [3.05, 3.63) is 109 Å². The first-order valence-corrected chi connectivity index (χ1v) is 24.4. The third-order valence-electron chi connectivity index (χ3n) is 9.80. The standard InChI is InChI=1S/C55H88O6/c1-4-7-10-13-16-19-21-23-25-26-27-28-30-31-33-36-39-42-45-48-54(57)60-51-52(50-59-53(56)47-44-41-38-35-18-15-12-9-6-3)61-55(58)49-46-43-40-37-34-32-29-24-22-20-17-14-11-8-5-2/h7,9-10,12,16-20,22-25,27-28,35,41,44,52H,4-6,8,11,13-15,21,26,29-34,36-40,42-43,45-51H2,1-3H3/b10-7-,12-9-,19-16-,20-17-,24-22-,25-23-,28-27-,35-18-,44-41-. The molecule has 0 aromatic carbocycles. The Morgan fingerprint density at radius 2 is 0.754 bits per heavy atom. The van der Waals surface area contributed by atoms with E-state index in [1.54, 1.807) is 6.08 Å². The summed E-state index contributed by atoms with van der Waals surface area (Å²) in [5.74, 6) is -1.08. The van der Waals surface area contributed by atoms with Crippen LogP contribution in [0.5, 0.6) is 0 Å². The topological polar surface area (TPSA) is 78.9 Å². The second kappa shape index (κ2) is 48.7. The van der Waals surface area contributed by atoms with Gasteiger partial charge in [-0.25, -0.2) is 0 Å². The molecule has 0 aliphatic rings. The van der Waals surface area contributed by atoms with Gasteiger partial charge in [-0.15, -0.1) is 0 Å². The summed E-state index contributed by atoms with van der Waals surface area (Å²) in [6.07, 6.45) is 65.3. The molecule has 0 N–H and O–H groups in total. The van der Waals surface area contributed by atoms with Crippen molar-refractivity contribution in [1.29, 1.82) is 0 Å². The number of hydrogen-bond donors (Lipinski definition) is 0. The van der Waals surface area contributed by atoms with E-state index in [-0.39, 0.29) is 31.6 Å². The van der Waals surface area contributed by atoms with E-state index in [9.17, 15) is 14.4 Å². The fraction of sp³-hybridized carbons (Fsp3) is 0.618. The lowest BCUT2D eigenvalue weighted by Crippen LogP contribution is -2.30. The molecule has 0 aromatic rings. The molecule has 1 unspecified atom stereocenters. The molecule has 0 saturated heterocycles. The molecule has 0 rings (SSSR count). The molecule has 0 saturated carbocycles. The molecule has 0 spiro atoms. The zero-order valence-corrected chi connectivity index (χ0v) is 39.1. The Morgan fingerprint density at radius 3 is 1.25 bits per heavy atom. The highest BCUT2D eigenvalue weighted by atomic mass is 16.6. The molecule has 0 bridgehead atoms. The molecule has 61 heavy (non-hydrogen) atoms. The van der Waals surface area contributed by atoms with Crippen molar-refractivity contribution in [2.75, 3.05) is 13.2 Å². The van der Waals surface area contributed by atoms with Crippen LogP contribution in [0.3, 0.4) is 0 Å². The van der Waals surface area contributed by atoms with Gasteiger partial charge in [0.05, 0.1) is 6.42 Å². The number of carbonyl (C=O) groups excluding carboxylic acids is 3. The van der Waals surface area contributed by atoms with Gasteiger partial charge in [0, 0.05) is 12.8 Å². The Labute approximate surface area is 374 Å². The van der Waals surface area contributed by atoms with E-state index in [0.717, 1.165) is 116 Å². The van der Waals surface area contributed by atoms with E-state index in [4.69, 9.17) is 14.2 Å². The number of hydrogen-bond acceptors (Lipinski definition) is 6. The van der Waals surface area contributed by atoms with Gasteiger partial charge in [0.1, 0.15) is 13.2 Å². The summed E-state index contributed by atoms with van der Waals surface area (Å²) in [6, 6.07) is 0. The molecule has 1 atom stereocenters. The van der Waals surface area contributed by atoms with Crippen molar-refractivity contribution in [1.82, 2.24) is 0 Å². The largest absolute Gasteiger partial charge is 0.462 e. The van der Waals surface area contributed by atoms with Crippen LogP contribution < -0.4 is 0 Å². The molecule has 6 heteroatoms. The lowest BCUT2D eigenvalue weighted by molar-refractivity contribution is -0.166. The van der Waals surface area contributed by atoms with E-state index in [1.807, 2.05) is 6.08 Å². The highest BCUT2D eigenvalue weighted by Gasteiger charge is 2.19. The van der Waals surface area contributed by atoms with Gasteiger partial charge in [0.2, 0.25) is 0 Å². The third kappa shape index (κ3) is 47.0. The summed E-state index contributed by atoms with van der Waals surface area (Å²) in [5.41, 5.74) is 0. The second-order valence-electron chi connectivity index (χ2n) is 15.6. The van der Waals surface area contributed by atoms with Crippen LogP contribution in [0.1, 0.15) is 201 Å². The van der Waals surface area contributed by atoms with E-state index in [0.29, 0.717) is 12.8 Å². The average molecular weight is 845 g/mol. The first-order chi connectivity index (χ1) is 30.0. The molecular weight excluding hydrogens is 757 g/mol. The van der Waals surface area contributed by atoms with Gasteiger partial charge in [0.15, 0.2) is 6.10 Å². The van der Waals surface area contributed by atoms with E-state index in [1.165, 1.54) is 44.9 Å².